The predicted molar refractivity (Wildman–Crippen MR) is 76.9 cm³/mol. The van der Waals surface area contributed by atoms with Crippen LogP contribution in [0.1, 0.15) is 23.8 Å². The van der Waals surface area contributed by atoms with Gasteiger partial charge in [-0.3, -0.25) is 15.0 Å². The van der Waals surface area contributed by atoms with Crippen molar-refractivity contribution in [2.24, 2.45) is 0 Å². The van der Waals surface area contributed by atoms with E-state index in [-0.39, 0.29) is 23.8 Å². The molecule has 2 aliphatic heterocycles. The number of benzene rings is 1. The molecule has 1 aromatic carbocycles. The van der Waals surface area contributed by atoms with Crippen molar-refractivity contribution in [2.75, 3.05) is 5.06 Å². The van der Waals surface area contributed by atoms with Crippen molar-refractivity contribution in [2.45, 2.75) is 31.3 Å². The second-order valence-corrected chi connectivity index (χ2v) is 5.78. The van der Waals surface area contributed by atoms with Crippen LogP contribution in [0, 0.1) is 10.1 Å². The van der Waals surface area contributed by atoms with E-state index in [0.29, 0.717) is 29.9 Å². The summed E-state index contributed by atoms with van der Waals surface area (Å²) in [5.74, 6) is -0.289. The fraction of sp³-hybridized carbons (Fsp3) is 0.333. The Hall–Kier alpha value is -2.75. The Morgan fingerprint density at radius 2 is 2.08 bits per heavy atom. The van der Waals surface area contributed by atoms with Crippen molar-refractivity contribution in [1.29, 1.82) is 0 Å². The molecule has 7 nitrogen and oxygen atoms in total. The molecular formula is C15H11F3N2O5. The van der Waals surface area contributed by atoms with Gasteiger partial charge >= 0.3 is 12.2 Å². The topological polar surface area (TPSA) is 78.0 Å². The van der Waals surface area contributed by atoms with Crippen LogP contribution in [0.5, 0.6) is 5.75 Å². The van der Waals surface area contributed by atoms with Crippen molar-refractivity contribution in [1.82, 2.24) is 0 Å². The third-order valence-electron chi connectivity index (χ3n) is 4.12. The summed E-state index contributed by atoms with van der Waals surface area (Å²) in [6.45, 7) is 0. The summed E-state index contributed by atoms with van der Waals surface area (Å²) in [4.78, 5) is 15.9. The van der Waals surface area contributed by atoms with Crippen LogP contribution in [0.25, 0.3) is 0 Å². The van der Waals surface area contributed by atoms with Gasteiger partial charge in [0.2, 0.25) is 0 Å². The average molecular weight is 356 g/mol. The highest BCUT2D eigenvalue weighted by Crippen LogP contribution is 2.46. The van der Waals surface area contributed by atoms with E-state index < -0.39 is 11.3 Å². The van der Waals surface area contributed by atoms with Crippen LogP contribution in [0.3, 0.4) is 0 Å². The number of ether oxygens (including phenoxy) is 1. The molecule has 0 radical (unpaired) electrons. The lowest BCUT2D eigenvalue weighted by Crippen LogP contribution is -2.27. The second-order valence-electron chi connectivity index (χ2n) is 5.78. The standard InChI is InChI=1S/C15H11F3N2O5/c16-15(17,18)24-9-1-2-11-8(5-9)6-10-7-12(19(11)25-10)13-3-4-14(23-13)20(21)22/h1-5,10,12H,6-7H2/t10-,12+/m0/s1. The zero-order valence-corrected chi connectivity index (χ0v) is 12.5. The Bertz CT molecular complexity index is 835. The summed E-state index contributed by atoms with van der Waals surface area (Å²) >= 11 is 0. The minimum Gasteiger partial charge on any atom is -0.406 e. The molecule has 1 aromatic heterocycles. The maximum absolute atomic E-state index is 12.4. The number of hydrogen-bond donors (Lipinski definition) is 0. The van der Waals surface area contributed by atoms with E-state index in [0.717, 1.165) is 0 Å². The number of hydroxylamine groups is 1. The van der Waals surface area contributed by atoms with Gasteiger partial charge in [-0.25, -0.2) is 5.06 Å². The average Bonchev–Trinajstić information content (AvgIpc) is 3.11. The van der Waals surface area contributed by atoms with Gasteiger partial charge in [-0.05, 0) is 29.8 Å². The number of alkyl halides is 3. The zero-order chi connectivity index (χ0) is 17.8. The largest absolute Gasteiger partial charge is 0.573 e. The van der Waals surface area contributed by atoms with Gasteiger partial charge in [-0.1, -0.05) is 0 Å². The van der Waals surface area contributed by atoms with Gasteiger partial charge in [0.1, 0.15) is 22.5 Å². The molecule has 0 amide bonds. The minimum atomic E-state index is -4.76. The van der Waals surface area contributed by atoms with E-state index in [1.165, 1.54) is 35.4 Å². The van der Waals surface area contributed by atoms with Gasteiger partial charge < -0.3 is 9.15 Å². The van der Waals surface area contributed by atoms with Crippen LogP contribution in [-0.2, 0) is 11.3 Å². The normalized spacial score (nSPS) is 22.0. The van der Waals surface area contributed by atoms with Crippen molar-refractivity contribution in [3.63, 3.8) is 0 Å². The lowest BCUT2D eigenvalue weighted by Gasteiger charge is -2.29. The molecule has 0 aliphatic carbocycles. The highest BCUT2D eigenvalue weighted by Gasteiger charge is 2.42. The van der Waals surface area contributed by atoms with E-state index >= 15 is 0 Å². The molecule has 132 valence electrons. The number of fused-ring (bicyclic) bond motifs is 4. The summed E-state index contributed by atoms with van der Waals surface area (Å²) in [6.07, 6.45) is -4.08. The van der Waals surface area contributed by atoms with Crippen LogP contribution < -0.4 is 9.80 Å². The smallest absolute Gasteiger partial charge is 0.406 e. The molecule has 2 bridgehead atoms. The molecule has 1 fully saturated rings. The van der Waals surface area contributed by atoms with E-state index in [9.17, 15) is 23.3 Å². The first kappa shape index (κ1) is 15.8. The molecule has 2 aromatic rings. The van der Waals surface area contributed by atoms with Crippen LogP contribution >= 0.6 is 0 Å². The van der Waals surface area contributed by atoms with E-state index in [1.54, 1.807) is 0 Å². The molecule has 0 N–H and O–H groups in total. The zero-order valence-electron chi connectivity index (χ0n) is 12.5. The molecule has 10 heteroatoms. The van der Waals surface area contributed by atoms with E-state index in [1.807, 2.05) is 0 Å². The third kappa shape index (κ3) is 2.88. The molecule has 3 heterocycles. The highest BCUT2D eigenvalue weighted by molar-refractivity contribution is 5.58. The predicted octanol–water partition coefficient (Wildman–Crippen LogP) is 3.89. The molecule has 25 heavy (non-hydrogen) atoms. The Labute approximate surface area is 138 Å². The molecule has 2 atom stereocenters. The lowest BCUT2D eigenvalue weighted by atomic mass is 10.0. The summed E-state index contributed by atoms with van der Waals surface area (Å²) in [6, 6.07) is 6.40. The number of nitro groups is 1. The van der Waals surface area contributed by atoms with Crippen LogP contribution in [0.2, 0.25) is 0 Å². The summed E-state index contributed by atoms with van der Waals surface area (Å²) in [5, 5.41) is 12.3. The van der Waals surface area contributed by atoms with Crippen LogP contribution in [0.4, 0.5) is 24.7 Å². The Morgan fingerprint density at radius 1 is 1.28 bits per heavy atom. The lowest BCUT2D eigenvalue weighted by molar-refractivity contribution is -0.402. The summed E-state index contributed by atoms with van der Waals surface area (Å²) in [7, 11) is 0. The van der Waals surface area contributed by atoms with E-state index in [4.69, 9.17) is 9.25 Å². The van der Waals surface area contributed by atoms with Crippen LogP contribution in [0.15, 0.2) is 34.7 Å². The van der Waals surface area contributed by atoms with E-state index in [2.05, 4.69) is 4.74 Å². The van der Waals surface area contributed by atoms with Crippen molar-refractivity contribution < 1.29 is 32.1 Å². The van der Waals surface area contributed by atoms with Gasteiger partial charge in [0, 0.05) is 12.8 Å². The molecule has 2 aliphatic rings. The molecule has 0 spiro atoms. The highest BCUT2D eigenvalue weighted by atomic mass is 19.4. The molecule has 4 rings (SSSR count). The summed E-state index contributed by atoms with van der Waals surface area (Å²) < 4.78 is 46.3. The maximum atomic E-state index is 12.4. The number of halogens is 3. The fourth-order valence-electron chi connectivity index (χ4n) is 3.20. The third-order valence-corrected chi connectivity index (χ3v) is 4.12. The first-order chi connectivity index (χ1) is 11.8. The number of hydrogen-bond acceptors (Lipinski definition) is 6. The van der Waals surface area contributed by atoms with Crippen LogP contribution in [-0.4, -0.2) is 17.4 Å². The Kier molecular flexibility index (Phi) is 3.39. The Balaban J connectivity index is 1.64. The number of rotatable bonds is 3. The number of nitrogens with zero attached hydrogens (tertiary/aromatic N) is 2. The minimum absolute atomic E-state index is 0.247. The fourth-order valence-corrected chi connectivity index (χ4v) is 3.20. The molecule has 0 unspecified atom stereocenters. The SMILES string of the molecule is O=[N+]([O-])c1ccc([C@H]2C[C@@H]3Cc4cc(OC(F)(F)F)ccc4N2O3)o1. The van der Waals surface area contributed by atoms with Gasteiger partial charge in [-0.2, -0.15) is 0 Å². The van der Waals surface area contributed by atoms with Gasteiger partial charge in [0.25, 0.3) is 0 Å². The van der Waals surface area contributed by atoms with Gasteiger partial charge in [0.15, 0.2) is 0 Å². The Morgan fingerprint density at radius 3 is 2.76 bits per heavy atom. The van der Waals surface area contributed by atoms with Crippen molar-refractivity contribution in [3.05, 3.63) is 51.8 Å². The quantitative estimate of drug-likeness (QED) is 0.613. The number of furan rings is 1. The molecular weight excluding hydrogens is 345 g/mol. The molecule has 1 saturated heterocycles. The van der Waals surface area contributed by atoms with Gasteiger partial charge in [-0.15, -0.1) is 13.2 Å². The second kappa shape index (κ2) is 5.38. The van der Waals surface area contributed by atoms with Crippen molar-refractivity contribution in [3.8, 4) is 5.75 Å². The first-order valence-corrected chi connectivity index (χ1v) is 7.39. The summed E-state index contributed by atoms with van der Waals surface area (Å²) in [5.41, 5.74) is 1.24. The first-order valence-electron chi connectivity index (χ1n) is 7.39. The molecule has 0 saturated carbocycles. The monoisotopic (exact) mass is 356 g/mol. The van der Waals surface area contributed by atoms with Crippen molar-refractivity contribution >= 4 is 11.6 Å². The number of anilines is 1. The maximum Gasteiger partial charge on any atom is 0.573 e. The van der Waals surface area contributed by atoms with Gasteiger partial charge in [0.05, 0.1) is 17.9 Å².